The summed E-state index contributed by atoms with van der Waals surface area (Å²) in [6, 6.07) is 0.982. The number of aromatic amines is 1. The summed E-state index contributed by atoms with van der Waals surface area (Å²) in [7, 11) is 0. The molecule has 0 unspecified atom stereocenters. The number of carbonyl (C=O) groups excluding carboxylic acids is 1. The Hall–Kier alpha value is -3.59. The molecule has 2 aromatic rings. The lowest BCUT2D eigenvalue weighted by atomic mass is 9.95. The third kappa shape index (κ3) is 5.31. The van der Waals surface area contributed by atoms with Gasteiger partial charge >= 0.3 is 11.7 Å². The number of aliphatic hydroxyl groups is 2. The second-order valence-electron chi connectivity index (χ2n) is 8.03. The number of hydrogen-bond acceptors (Lipinski definition) is 10. The molecule has 0 aliphatic carbocycles. The van der Waals surface area contributed by atoms with Crippen molar-refractivity contribution in [3.8, 4) is 5.75 Å². The lowest BCUT2D eigenvalue weighted by Crippen LogP contribution is -2.57. The highest BCUT2D eigenvalue weighted by Gasteiger charge is 2.50. The first-order valence-electron chi connectivity index (χ1n) is 10.2. The van der Waals surface area contributed by atoms with Gasteiger partial charge in [0.25, 0.3) is 5.56 Å². The SMILES string of the molecule is C[C@@H](Cc1ccc(O)cn1)[C@H](N)C(=O)N[C@H](C(=O)O)[C@H]1O[C@@H](n2ccc(=O)[nH]c2=O)[C@H](O)[C@@H]1O. The first kappa shape index (κ1) is 25.0. The number of pyridine rings is 1. The number of carboxylic acids is 1. The molecule has 1 saturated heterocycles. The summed E-state index contributed by atoms with van der Waals surface area (Å²) in [5.74, 6) is -2.94. The molecular weight excluding hydrogens is 454 g/mol. The van der Waals surface area contributed by atoms with Crippen LogP contribution in [0.15, 0.2) is 40.2 Å². The molecule has 1 amide bonds. The van der Waals surface area contributed by atoms with Crippen LogP contribution in [0.1, 0.15) is 18.8 Å². The normalized spacial score (nSPS) is 24.8. The van der Waals surface area contributed by atoms with Crippen molar-refractivity contribution in [1.29, 1.82) is 0 Å². The van der Waals surface area contributed by atoms with Crippen molar-refractivity contribution < 1.29 is 34.8 Å². The van der Waals surface area contributed by atoms with Crippen LogP contribution in [-0.2, 0) is 20.7 Å². The van der Waals surface area contributed by atoms with Gasteiger partial charge in [-0.2, -0.15) is 0 Å². The van der Waals surface area contributed by atoms with Crippen molar-refractivity contribution in [2.24, 2.45) is 11.7 Å². The number of ether oxygens (including phenoxy) is 1. The van der Waals surface area contributed by atoms with Crippen LogP contribution in [0, 0.1) is 5.92 Å². The zero-order valence-electron chi connectivity index (χ0n) is 17.9. The van der Waals surface area contributed by atoms with E-state index >= 15 is 0 Å². The van der Waals surface area contributed by atoms with Crippen molar-refractivity contribution in [2.45, 2.75) is 50.0 Å². The number of carbonyl (C=O) groups is 2. The molecule has 8 N–H and O–H groups in total. The summed E-state index contributed by atoms with van der Waals surface area (Å²) in [6.07, 6.45) is -4.17. The van der Waals surface area contributed by atoms with Gasteiger partial charge in [0.1, 0.15) is 24.1 Å². The van der Waals surface area contributed by atoms with E-state index in [0.29, 0.717) is 5.69 Å². The quantitative estimate of drug-likeness (QED) is 0.202. The van der Waals surface area contributed by atoms with Crippen molar-refractivity contribution in [2.75, 3.05) is 0 Å². The second kappa shape index (κ2) is 10.1. The molecule has 0 bridgehead atoms. The van der Waals surface area contributed by atoms with E-state index in [1.54, 1.807) is 13.0 Å². The molecule has 1 fully saturated rings. The molecule has 3 heterocycles. The number of amides is 1. The molecule has 0 saturated carbocycles. The lowest BCUT2D eigenvalue weighted by molar-refractivity contribution is -0.149. The van der Waals surface area contributed by atoms with Crippen LogP contribution in [-0.4, -0.2) is 77.2 Å². The van der Waals surface area contributed by atoms with Gasteiger partial charge in [0, 0.05) is 18.0 Å². The first-order chi connectivity index (χ1) is 16.0. The molecule has 7 atom stereocenters. The Morgan fingerprint density at radius 1 is 1.26 bits per heavy atom. The van der Waals surface area contributed by atoms with Crippen LogP contribution >= 0.6 is 0 Å². The Bertz CT molecular complexity index is 1150. The van der Waals surface area contributed by atoms with Gasteiger partial charge in [-0.15, -0.1) is 0 Å². The van der Waals surface area contributed by atoms with Crippen molar-refractivity contribution in [3.05, 3.63) is 57.1 Å². The molecule has 184 valence electrons. The number of aliphatic carboxylic acids is 1. The maximum Gasteiger partial charge on any atom is 0.330 e. The number of aliphatic hydroxyl groups excluding tert-OH is 2. The highest BCUT2D eigenvalue weighted by Crippen LogP contribution is 2.30. The molecule has 34 heavy (non-hydrogen) atoms. The van der Waals surface area contributed by atoms with Gasteiger partial charge in [-0.3, -0.25) is 24.1 Å². The third-order valence-electron chi connectivity index (χ3n) is 5.55. The molecular formula is C20H25N5O9. The minimum atomic E-state index is -1.81. The average molecular weight is 479 g/mol. The molecule has 1 aliphatic heterocycles. The summed E-state index contributed by atoms with van der Waals surface area (Å²) in [4.78, 5) is 53.8. The van der Waals surface area contributed by atoms with Gasteiger partial charge in [0.15, 0.2) is 12.3 Å². The Morgan fingerprint density at radius 3 is 2.56 bits per heavy atom. The van der Waals surface area contributed by atoms with Crippen molar-refractivity contribution in [1.82, 2.24) is 19.9 Å². The Balaban J connectivity index is 1.73. The number of nitrogens with zero attached hydrogens (tertiary/aromatic N) is 2. The van der Waals surface area contributed by atoms with Crippen molar-refractivity contribution in [3.63, 3.8) is 0 Å². The minimum absolute atomic E-state index is 0.0255. The number of aromatic nitrogens is 3. The van der Waals surface area contributed by atoms with E-state index in [1.807, 2.05) is 4.98 Å². The molecule has 0 radical (unpaired) electrons. The van der Waals surface area contributed by atoms with Crippen LogP contribution in [0.4, 0.5) is 0 Å². The summed E-state index contributed by atoms with van der Waals surface area (Å²) in [5.41, 5.74) is 4.89. The van der Waals surface area contributed by atoms with Crippen LogP contribution in [0.5, 0.6) is 5.75 Å². The first-order valence-corrected chi connectivity index (χ1v) is 10.2. The van der Waals surface area contributed by atoms with Crippen LogP contribution in [0.2, 0.25) is 0 Å². The maximum absolute atomic E-state index is 12.7. The number of H-pyrrole nitrogens is 1. The van der Waals surface area contributed by atoms with E-state index in [2.05, 4.69) is 10.3 Å². The topological polar surface area (TPSA) is 230 Å². The summed E-state index contributed by atoms with van der Waals surface area (Å²) < 4.78 is 6.22. The van der Waals surface area contributed by atoms with Gasteiger partial charge in [0.05, 0.1) is 12.2 Å². The zero-order chi connectivity index (χ0) is 25.2. The number of carboxylic acid groups (broad SMARTS) is 1. The van der Waals surface area contributed by atoms with Gasteiger partial charge in [-0.1, -0.05) is 6.92 Å². The molecule has 14 nitrogen and oxygen atoms in total. The van der Waals surface area contributed by atoms with Gasteiger partial charge in [-0.05, 0) is 24.5 Å². The van der Waals surface area contributed by atoms with Crippen molar-refractivity contribution >= 4 is 11.9 Å². The van der Waals surface area contributed by atoms with Gasteiger partial charge in [-0.25, -0.2) is 9.59 Å². The van der Waals surface area contributed by atoms with E-state index in [-0.39, 0.29) is 12.2 Å². The lowest BCUT2D eigenvalue weighted by Gasteiger charge is -2.26. The second-order valence-corrected chi connectivity index (χ2v) is 8.03. The fourth-order valence-electron chi connectivity index (χ4n) is 3.61. The molecule has 3 rings (SSSR count). The number of rotatable bonds is 8. The standard InChI is InChI=1S/C20H25N5O9/c1-8(6-9-2-3-10(26)7-22-9)12(21)17(30)24-13(19(31)32)16-14(28)15(29)18(34-16)25-5-4-11(27)23-20(25)33/h2-5,7-8,12-16,18,26,28-29H,6,21H2,1H3,(H,24,30)(H,31,32)(H,23,27,33)/t8-,12-,13-,14-,15+,16+,18+/m0/s1. The predicted octanol–water partition coefficient (Wildman–Crippen LogP) is -2.97. The Labute approximate surface area is 191 Å². The smallest absolute Gasteiger partial charge is 0.330 e. The van der Waals surface area contributed by atoms with Gasteiger partial charge < -0.3 is 36.2 Å². The Kier molecular flexibility index (Phi) is 7.46. The minimum Gasteiger partial charge on any atom is -0.506 e. The molecule has 1 aliphatic rings. The number of aromatic hydroxyl groups is 1. The fourth-order valence-corrected chi connectivity index (χ4v) is 3.61. The predicted molar refractivity (Wildman–Crippen MR) is 114 cm³/mol. The molecule has 14 heteroatoms. The van der Waals surface area contributed by atoms with E-state index < -0.39 is 65.7 Å². The molecule has 0 spiro atoms. The molecule has 0 aromatic carbocycles. The van der Waals surface area contributed by atoms with E-state index in [9.17, 15) is 39.6 Å². The number of nitrogens with two attached hydrogens (primary N) is 1. The third-order valence-corrected chi connectivity index (χ3v) is 5.55. The van der Waals surface area contributed by atoms with E-state index in [4.69, 9.17) is 10.5 Å². The average Bonchev–Trinajstić information content (AvgIpc) is 3.07. The number of hydrogen-bond donors (Lipinski definition) is 7. The monoisotopic (exact) mass is 479 g/mol. The number of nitrogens with one attached hydrogen (secondary N) is 2. The maximum atomic E-state index is 12.7. The molecule has 2 aromatic heterocycles. The van der Waals surface area contributed by atoms with Crippen LogP contribution in [0.25, 0.3) is 0 Å². The largest absolute Gasteiger partial charge is 0.506 e. The summed E-state index contributed by atoms with van der Waals surface area (Å²) in [5, 5.41) is 41.9. The Morgan fingerprint density at radius 2 is 1.97 bits per heavy atom. The fraction of sp³-hybridized carbons (Fsp3) is 0.450. The summed E-state index contributed by atoms with van der Waals surface area (Å²) in [6.45, 7) is 1.65. The van der Waals surface area contributed by atoms with Crippen LogP contribution < -0.4 is 22.3 Å². The highest BCUT2D eigenvalue weighted by atomic mass is 16.6. The van der Waals surface area contributed by atoms with Gasteiger partial charge in [0.2, 0.25) is 5.91 Å². The van der Waals surface area contributed by atoms with E-state index in [0.717, 1.165) is 16.8 Å². The summed E-state index contributed by atoms with van der Waals surface area (Å²) >= 11 is 0. The van der Waals surface area contributed by atoms with E-state index in [1.165, 1.54) is 12.3 Å². The van der Waals surface area contributed by atoms with Crippen LogP contribution in [0.3, 0.4) is 0 Å². The zero-order valence-corrected chi connectivity index (χ0v) is 17.9. The highest BCUT2D eigenvalue weighted by molar-refractivity contribution is 5.87.